The second kappa shape index (κ2) is 9.08. The Hall–Kier alpha value is -2.21. The first-order valence-electron chi connectivity index (χ1n) is 10.3. The van der Waals surface area contributed by atoms with E-state index in [-0.39, 0.29) is 0 Å². The van der Waals surface area contributed by atoms with Gasteiger partial charge in [-0.3, -0.25) is 4.90 Å². The quantitative estimate of drug-likeness (QED) is 0.613. The molecule has 0 amide bonds. The van der Waals surface area contributed by atoms with E-state index >= 15 is 0 Å². The fourth-order valence-electron chi connectivity index (χ4n) is 3.75. The molecule has 2 aromatic carbocycles. The number of morpholine rings is 1. The Morgan fingerprint density at radius 3 is 2.38 bits per heavy atom. The minimum absolute atomic E-state index is 0.832. The maximum absolute atomic E-state index is 5.50. The van der Waals surface area contributed by atoms with Crippen LogP contribution in [0.1, 0.15) is 16.7 Å². The summed E-state index contributed by atoms with van der Waals surface area (Å²) in [5.74, 6) is 0. The first kappa shape index (κ1) is 20.1. The lowest BCUT2D eigenvalue weighted by Gasteiger charge is -2.27. The Morgan fingerprint density at radius 2 is 1.66 bits per heavy atom. The molecule has 152 valence electrons. The maximum atomic E-state index is 5.50. The van der Waals surface area contributed by atoms with Crippen molar-refractivity contribution in [2.24, 2.45) is 4.99 Å². The van der Waals surface area contributed by atoms with E-state index in [2.05, 4.69) is 78.1 Å². The molecule has 0 bridgehead atoms. The van der Waals surface area contributed by atoms with Crippen LogP contribution in [0, 0.1) is 20.8 Å². The fourth-order valence-corrected chi connectivity index (χ4v) is 4.69. The van der Waals surface area contributed by atoms with Gasteiger partial charge in [-0.25, -0.2) is 4.99 Å². The zero-order valence-corrected chi connectivity index (χ0v) is 18.3. The smallest absolute Gasteiger partial charge is 0.190 e. The molecule has 4 rings (SSSR count). The van der Waals surface area contributed by atoms with Crippen molar-refractivity contribution >= 4 is 17.0 Å². The molecule has 0 radical (unpaired) electrons. The number of ether oxygens (including phenoxy) is 1. The van der Waals surface area contributed by atoms with Crippen LogP contribution in [0.2, 0.25) is 0 Å². The predicted octanol–water partition coefficient (Wildman–Crippen LogP) is 4.71. The van der Waals surface area contributed by atoms with E-state index in [1.165, 1.54) is 27.9 Å². The molecule has 0 atom stereocenters. The molecule has 5 heteroatoms. The number of aryl methyl sites for hydroxylation is 3. The van der Waals surface area contributed by atoms with Gasteiger partial charge in [-0.1, -0.05) is 41.5 Å². The first-order valence-corrected chi connectivity index (χ1v) is 11.2. The van der Waals surface area contributed by atoms with E-state index in [0.717, 1.165) is 49.9 Å². The Labute approximate surface area is 177 Å². The van der Waals surface area contributed by atoms with Crippen molar-refractivity contribution in [1.29, 1.82) is 0 Å². The summed E-state index contributed by atoms with van der Waals surface area (Å²) in [6.07, 6.45) is 0. The summed E-state index contributed by atoms with van der Waals surface area (Å²) >= 11 is 1.72. The summed E-state index contributed by atoms with van der Waals surface area (Å²) < 4.78 is 7.89. The number of hydrogen-bond acceptors (Lipinski definition) is 4. The maximum Gasteiger partial charge on any atom is 0.190 e. The van der Waals surface area contributed by atoms with Crippen molar-refractivity contribution in [2.45, 2.75) is 27.3 Å². The average molecular weight is 408 g/mol. The SMILES string of the molecule is Cc1ccc(N=c2scc(-c3ccc(C)cc3C)n2CCN2CCOCC2)cc1. The van der Waals surface area contributed by atoms with Crippen LogP contribution in [0.25, 0.3) is 11.3 Å². The second-order valence-electron chi connectivity index (χ2n) is 7.77. The summed E-state index contributed by atoms with van der Waals surface area (Å²) in [5, 5.41) is 2.25. The van der Waals surface area contributed by atoms with Gasteiger partial charge in [0, 0.05) is 37.1 Å². The van der Waals surface area contributed by atoms with Crippen molar-refractivity contribution < 1.29 is 4.74 Å². The van der Waals surface area contributed by atoms with Crippen molar-refractivity contribution in [3.63, 3.8) is 0 Å². The third kappa shape index (κ3) is 4.86. The van der Waals surface area contributed by atoms with Crippen LogP contribution in [-0.2, 0) is 11.3 Å². The van der Waals surface area contributed by atoms with Crippen molar-refractivity contribution in [1.82, 2.24) is 9.47 Å². The number of thiazole rings is 1. The highest BCUT2D eigenvalue weighted by molar-refractivity contribution is 7.07. The lowest BCUT2D eigenvalue weighted by atomic mass is 10.0. The van der Waals surface area contributed by atoms with Crippen LogP contribution < -0.4 is 4.80 Å². The molecule has 29 heavy (non-hydrogen) atoms. The number of benzene rings is 2. The molecule has 0 saturated carbocycles. The molecule has 0 N–H and O–H groups in total. The number of nitrogens with zero attached hydrogens (tertiary/aromatic N) is 3. The highest BCUT2D eigenvalue weighted by Gasteiger charge is 2.14. The summed E-state index contributed by atoms with van der Waals surface area (Å²) in [6.45, 7) is 12.1. The zero-order chi connectivity index (χ0) is 20.2. The average Bonchev–Trinajstić information content (AvgIpc) is 3.11. The Morgan fingerprint density at radius 1 is 0.931 bits per heavy atom. The molecular weight excluding hydrogens is 378 g/mol. The predicted molar refractivity (Wildman–Crippen MR) is 121 cm³/mol. The van der Waals surface area contributed by atoms with Gasteiger partial charge in [0.1, 0.15) is 0 Å². The van der Waals surface area contributed by atoms with Gasteiger partial charge in [-0.05, 0) is 38.5 Å². The molecule has 1 aromatic heterocycles. The lowest BCUT2D eigenvalue weighted by molar-refractivity contribution is 0.0363. The van der Waals surface area contributed by atoms with Crippen LogP contribution in [-0.4, -0.2) is 42.3 Å². The Kier molecular flexibility index (Phi) is 6.28. The van der Waals surface area contributed by atoms with Crippen LogP contribution >= 0.6 is 11.3 Å². The van der Waals surface area contributed by atoms with Crippen molar-refractivity contribution in [3.8, 4) is 11.3 Å². The van der Waals surface area contributed by atoms with Gasteiger partial charge < -0.3 is 9.30 Å². The van der Waals surface area contributed by atoms with Gasteiger partial charge >= 0.3 is 0 Å². The van der Waals surface area contributed by atoms with Gasteiger partial charge in [-0.15, -0.1) is 11.3 Å². The molecular formula is C24H29N3OS. The molecule has 1 aliphatic heterocycles. The second-order valence-corrected chi connectivity index (χ2v) is 8.61. The van der Waals surface area contributed by atoms with Crippen molar-refractivity contribution in [3.05, 3.63) is 69.3 Å². The molecule has 0 spiro atoms. The van der Waals surface area contributed by atoms with Crippen LogP contribution in [0.4, 0.5) is 5.69 Å². The molecule has 3 aromatic rings. The third-order valence-electron chi connectivity index (χ3n) is 5.46. The van der Waals surface area contributed by atoms with Gasteiger partial charge in [0.05, 0.1) is 24.6 Å². The molecule has 1 saturated heterocycles. The minimum atomic E-state index is 0.832. The van der Waals surface area contributed by atoms with E-state index < -0.39 is 0 Å². The van der Waals surface area contributed by atoms with Gasteiger partial charge in [0.15, 0.2) is 4.80 Å². The summed E-state index contributed by atoms with van der Waals surface area (Å²) in [5.41, 5.74) is 7.41. The van der Waals surface area contributed by atoms with Crippen LogP contribution in [0.5, 0.6) is 0 Å². The van der Waals surface area contributed by atoms with Gasteiger partial charge in [-0.2, -0.15) is 0 Å². The normalized spacial score (nSPS) is 15.8. The lowest BCUT2D eigenvalue weighted by Crippen LogP contribution is -2.39. The molecule has 1 fully saturated rings. The van der Waals surface area contributed by atoms with Crippen LogP contribution in [0.15, 0.2) is 52.8 Å². The van der Waals surface area contributed by atoms with Crippen molar-refractivity contribution in [2.75, 3.05) is 32.8 Å². The highest BCUT2D eigenvalue weighted by Crippen LogP contribution is 2.25. The molecule has 0 aliphatic carbocycles. The van der Waals surface area contributed by atoms with Crippen LogP contribution in [0.3, 0.4) is 0 Å². The fraction of sp³-hybridized carbons (Fsp3) is 0.375. The summed E-state index contributed by atoms with van der Waals surface area (Å²) in [4.78, 5) is 8.51. The molecule has 0 unspecified atom stereocenters. The zero-order valence-electron chi connectivity index (χ0n) is 17.5. The standard InChI is InChI=1S/C24H29N3OS/c1-18-4-7-21(8-5-18)25-24-27(11-10-26-12-14-28-15-13-26)23(17-29-24)22-9-6-19(2)16-20(22)3/h4-9,16-17H,10-15H2,1-3H3. The van der Waals surface area contributed by atoms with E-state index in [0.29, 0.717) is 0 Å². The third-order valence-corrected chi connectivity index (χ3v) is 6.32. The van der Waals surface area contributed by atoms with E-state index in [4.69, 9.17) is 9.73 Å². The minimum Gasteiger partial charge on any atom is -0.379 e. The number of rotatable bonds is 5. The monoisotopic (exact) mass is 407 g/mol. The molecule has 1 aliphatic rings. The highest BCUT2D eigenvalue weighted by atomic mass is 32.1. The first-order chi connectivity index (χ1) is 14.1. The number of hydrogen-bond donors (Lipinski definition) is 0. The topological polar surface area (TPSA) is 29.8 Å². The summed E-state index contributed by atoms with van der Waals surface area (Å²) in [7, 11) is 0. The van der Waals surface area contributed by atoms with E-state index in [1.54, 1.807) is 11.3 Å². The number of aromatic nitrogens is 1. The van der Waals surface area contributed by atoms with E-state index in [1.807, 2.05) is 0 Å². The van der Waals surface area contributed by atoms with Gasteiger partial charge in [0.2, 0.25) is 0 Å². The molecule has 4 nitrogen and oxygen atoms in total. The Balaban J connectivity index is 1.72. The largest absolute Gasteiger partial charge is 0.379 e. The molecule has 2 heterocycles. The Bertz CT molecular complexity index is 1030. The van der Waals surface area contributed by atoms with E-state index in [9.17, 15) is 0 Å². The van der Waals surface area contributed by atoms with Gasteiger partial charge in [0.25, 0.3) is 0 Å². The summed E-state index contributed by atoms with van der Waals surface area (Å²) in [6, 6.07) is 15.1.